The Morgan fingerprint density at radius 3 is 2.71 bits per heavy atom. The fourth-order valence-electron chi connectivity index (χ4n) is 4.48. The summed E-state index contributed by atoms with van der Waals surface area (Å²) in [4.78, 5) is 31.3. The van der Waals surface area contributed by atoms with Crippen molar-refractivity contribution in [2.24, 2.45) is 0 Å². The predicted molar refractivity (Wildman–Crippen MR) is 142 cm³/mol. The van der Waals surface area contributed by atoms with Crippen molar-refractivity contribution < 1.29 is 4.74 Å². The van der Waals surface area contributed by atoms with E-state index in [-0.39, 0.29) is 4.87 Å². The molecule has 1 fully saturated rings. The van der Waals surface area contributed by atoms with E-state index in [1.165, 1.54) is 11.2 Å². The number of rotatable bonds is 7. The van der Waals surface area contributed by atoms with E-state index in [1.54, 1.807) is 23.2 Å². The van der Waals surface area contributed by atoms with E-state index >= 15 is 0 Å². The maximum absolute atomic E-state index is 13.0. The molecule has 0 amide bonds. The second-order valence-electron chi connectivity index (χ2n) is 8.38. The van der Waals surface area contributed by atoms with Crippen LogP contribution in [0.1, 0.15) is 12.7 Å². The number of ether oxygens (including phenoxy) is 1. The Morgan fingerprint density at radius 1 is 1.23 bits per heavy atom. The van der Waals surface area contributed by atoms with Crippen molar-refractivity contribution in [1.29, 1.82) is 0 Å². The first-order chi connectivity index (χ1) is 17.0. The highest BCUT2D eigenvalue weighted by molar-refractivity contribution is 7.17. The lowest BCUT2D eigenvalue weighted by Crippen LogP contribution is -2.48. The summed E-state index contributed by atoms with van der Waals surface area (Å²) in [6.45, 7) is 6.98. The van der Waals surface area contributed by atoms with Crippen LogP contribution in [0.3, 0.4) is 0 Å². The van der Waals surface area contributed by atoms with Gasteiger partial charge in [-0.05, 0) is 24.5 Å². The van der Waals surface area contributed by atoms with Crippen molar-refractivity contribution in [3.8, 4) is 0 Å². The molecule has 0 saturated carbocycles. The molecule has 0 spiro atoms. The highest BCUT2D eigenvalue weighted by atomic mass is 32.1. The number of nitrogens with one attached hydrogen (secondary N) is 1. The highest BCUT2D eigenvalue weighted by Crippen LogP contribution is 2.25. The van der Waals surface area contributed by atoms with E-state index in [2.05, 4.69) is 44.1 Å². The van der Waals surface area contributed by atoms with Crippen molar-refractivity contribution >= 4 is 58.0 Å². The number of pyridine rings is 1. The number of fused-ring (bicyclic) bond motifs is 3. The largest absolute Gasteiger partial charge is 0.493 e. The molecular formula is C22H28BN9O2S. The van der Waals surface area contributed by atoms with Gasteiger partial charge in [-0.25, -0.2) is 4.98 Å². The number of hydrogen-bond acceptors (Lipinski definition) is 10. The van der Waals surface area contributed by atoms with Gasteiger partial charge in [0, 0.05) is 64.4 Å². The minimum Gasteiger partial charge on any atom is -0.493 e. The highest BCUT2D eigenvalue weighted by Gasteiger charge is 2.22. The van der Waals surface area contributed by atoms with Gasteiger partial charge in [-0.2, -0.15) is 9.50 Å². The third-order valence-corrected chi connectivity index (χ3v) is 7.33. The van der Waals surface area contributed by atoms with E-state index in [0.29, 0.717) is 35.4 Å². The van der Waals surface area contributed by atoms with E-state index < -0.39 is 0 Å². The fraction of sp³-hybridized carbons (Fsp3) is 0.409. The zero-order chi connectivity index (χ0) is 24.5. The van der Waals surface area contributed by atoms with Crippen molar-refractivity contribution in [2.75, 3.05) is 57.1 Å². The third kappa shape index (κ3) is 4.25. The van der Waals surface area contributed by atoms with Gasteiger partial charge in [0.2, 0.25) is 11.8 Å². The summed E-state index contributed by atoms with van der Waals surface area (Å²) >= 11 is 1.15. The normalized spacial score (nSPS) is 15.3. The van der Waals surface area contributed by atoms with Gasteiger partial charge in [0.25, 0.3) is 0 Å². The fourth-order valence-corrected chi connectivity index (χ4v) is 5.42. The number of methoxy groups -OCH3 is 1. The minimum atomic E-state index is -0.0451. The average Bonchev–Trinajstić information content (AvgIpc) is 3.45. The molecule has 35 heavy (non-hydrogen) atoms. The number of thiazole rings is 1. The topological polar surface area (TPSA) is 106 Å². The molecule has 0 unspecified atom stereocenters. The summed E-state index contributed by atoms with van der Waals surface area (Å²) in [6.07, 6.45) is 5.56. The number of allylic oxidation sites excluding steroid dienone is 1. The minimum absolute atomic E-state index is 0.0451. The summed E-state index contributed by atoms with van der Waals surface area (Å²) in [7, 11) is 5.46. The van der Waals surface area contributed by atoms with Crippen molar-refractivity contribution in [1.82, 2.24) is 34.0 Å². The molecule has 1 aliphatic heterocycles. The van der Waals surface area contributed by atoms with E-state index in [9.17, 15) is 4.79 Å². The molecule has 1 aliphatic rings. The average molecular weight is 493 g/mol. The first-order valence-electron chi connectivity index (χ1n) is 11.6. The van der Waals surface area contributed by atoms with Gasteiger partial charge >= 0.3 is 4.87 Å². The Kier molecular flexibility index (Phi) is 6.43. The summed E-state index contributed by atoms with van der Waals surface area (Å²) in [5.41, 5.74) is 3.66. The van der Waals surface area contributed by atoms with Gasteiger partial charge in [-0.15, -0.1) is 5.10 Å². The number of piperazine rings is 1. The van der Waals surface area contributed by atoms with Crippen LogP contribution >= 0.6 is 11.3 Å². The van der Waals surface area contributed by atoms with Crippen LogP contribution in [-0.4, -0.2) is 88.8 Å². The van der Waals surface area contributed by atoms with Crippen molar-refractivity contribution in [2.45, 2.75) is 13.5 Å². The van der Waals surface area contributed by atoms with Gasteiger partial charge in [-0.1, -0.05) is 11.3 Å². The van der Waals surface area contributed by atoms with Crippen LogP contribution in [0, 0.1) is 0 Å². The van der Waals surface area contributed by atoms with Crippen LogP contribution in [0.15, 0.2) is 29.3 Å². The quantitative estimate of drug-likeness (QED) is 0.282. The first kappa shape index (κ1) is 23.3. The number of aromatic nitrogens is 6. The summed E-state index contributed by atoms with van der Waals surface area (Å²) in [5, 5.41) is 7.61. The van der Waals surface area contributed by atoms with E-state index in [1.807, 2.05) is 25.4 Å². The Morgan fingerprint density at radius 2 is 2.03 bits per heavy atom. The summed E-state index contributed by atoms with van der Waals surface area (Å²) < 4.78 is 9.48. The molecule has 5 heterocycles. The lowest BCUT2D eigenvalue weighted by atomic mass is 9.95. The lowest BCUT2D eigenvalue weighted by Gasteiger charge is -2.36. The second-order valence-corrected chi connectivity index (χ2v) is 9.34. The van der Waals surface area contributed by atoms with E-state index in [0.717, 1.165) is 48.8 Å². The first-order valence-corrected chi connectivity index (χ1v) is 12.4. The lowest BCUT2D eigenvalue weighted by molar-refractivity contribution is 0.248. The van der Waals surface area contributed by atoms with Crippen molar-refractivity contribution in [3.05, 3.63) is 40.0 Å². The van der Waals surface area contributed by atoms with Gasteiger partial charge < -0.3 is 15.0 Å². The molecule has 1 N–H and O–H groups in total. The molecule has 4 aromatic rings. The molecule has 5 rings (SSSR count). The zero-order valence-corrected chi connectivity index (χ0v) is 21.2. The molecule has 0 aliphatic carbocycles. The molecular weight excluding hydrogens is 465 g/mol. The van der Waals surface area contributed by atoms with Crippen LogP contribution in [0.5, 0.6) is 0 Å². The maximum Gasteiger partial charge on any atom is 0.309 e. The molecule has 0 aromatic carbocycles. The zero-order valence-electron chi connectivity index (χ0n) is 20.4. The van der Waals surface area contributed by atoms with Crippen LogP contribution in [0.4, 0.5) is 11.6 Å². The van der Waals surface area contributed by atoms with Crippen LogP contribution < -0.4 is 20.6 Å². The third-order valence-electron chi connectivity index (χ3n) is 6.36. The Hall–Kier alpha value is -3.45. The van der Waals surface area contributed by atoms with E-state index in [4.69, 9.17) is 9.72 Å². The van der Waals surface area contributed by atoms with Gasteiger partial charge in [0.15, 0.2) is 17.1 Å². The maximum atomic E-state index is 13.0. The summed E-state index contributed by atoms with van der Waals surface area (Å²) in [5.74, 6) is 1.54. The molecule has 11 nitrogen and oxygen atoms in total. The summed E-state index contributed by atoms with van der Waals surface area (Å²) in [6, 6.07) is 2.08. The predicted octanol–water partition coefficient (Wildman–Crippen LogP) is 0.0252. The molecule has 0 atom stereocenters. The smallest absolute Gasteiger partial charge is 0.309 e. The van der Waals surface area contributed by atoms with Crippen LogP contribution in [0.25, 0.3) is 21.8 Å². The van der Waals surface area contributed by atoms with Crippen LogP contribution in [0.2, 0.25) is 0 Å². The Bertz CT molecular complexity index is 1450. The monoisotopic (exact) mass is 493 g/mol. The van der Waals surface area contributed by atoms with Crippen molar-refractivity contribution in [3.63, 3.8) is 0 Å². The molecule has 13 heteroatoms. The second kappa shape index (κ2) is 9.66. The molecule has 0 bridgehead atoms. The van der Waals surface area contributed by atoms with Gasteiger partial charge in [0.05, 0.1) is 7.11 Å². The SMILES string of the molecule is Bc1cnccc1N1CCN(CCn2c(=O)sc3c2nc(NC)n2nc(/C(=C/C)OC)nc32)CC1. The molecule has 0 radical (unpaired) electrons. The molecule has 182 valence electrons. The molecule has 1 saturated heterocycles. The standard InChI is InChI=1S/C22H28BN9O2S/c1-4-16(34-3)18-26-20-17-19(27-21(24-2)32(20)28-18)31(22(33)35-17)12-9-29-7-10-30(11-8-29)15-5-6-25-13-14(15)23/h4-6,13H,7-12,23H2,1-3H3,(H,24,27)/b16-4-. The number of anilines is 2. The number of nitrogens with zero attached hydrogens (tertiary/aromatic N) is 8. The Balaban J connectivity index is 1.37. The van der Waals surface area contributed by atoms with Gasteiger partial charge in [-0.3, -0.25) is 19.2 Å². The van der Waals surface area contributed by atoms with Gasteiger partial charge in [0.1, 0.15) is 12.5 Å². The number of hydrogen-bond donors (Lipinski definition) is 1. The molecule has 4 aromatic heterocycles. The van der Waals surface area contributed by atoms with Crippen LogP contribution in [-0.2, 0) is 11.3 Å². The Labute approximate surface area is 207 Å².